The molecule has 0 bridgehead atoms. The van der Waals surface area contributed by atoms with Crippen molar-refractivity contribution in [1.82, 2.24) is 9.97 Å². The number of benzene rings is 1. The second kappa shape index (κ2) is 7.44. The minimum atomic E-state index is 0.216. The molecule has 0 aliphatic heterocycles. The van der Waals surface area contributed by atoms with Crippen molar-refractivity contribution in [2.24, 2.45) is 0 Å². The smallest absolute Gasteiger partial charge is 0.222 e. The number of pyridine rings is 1. The van der Waals surface area contributed by atoms with E-state index in [1.807, 2.05) is 6.92 Å². The summed E-state index contributed by atoms with van der Waals surface area (Å²) in [6.07, 6.45) is 3.79. The van der Waals surface area contributed by atoms with Crippen LogP contribution in [0.1, 0.15) is 19.0 Å². The van der Waals surface area contributed by atoms with Crippen LogP contribution in [0.4, 0.5) is 11.8 Å². The summed E-state index contributed by atoms with van der Waals surface area (Å²) < 4.78 is 7.40. The van der Waals surface area contributed by atoms with E-state index in [9.17, 15) is 0 Å². The predicted octanol–water partition coefficient (Wildman–Crippen LogP) is 2.35. The third kappa shape index (κ3) is 3.53. The quantitative estimate of drug-likeness (QED) is 0.532. The fraction of sp³-hybridized carbons (Fsp3) is 0.316. The van der Waals surface area contributed by atoms with E-state index in [2.05, 4.69) is 51.1 Å². The molecule has 4 N–H and O–H groups in total. The van der Waals surface area contributed by atoms with E-state index in [1.54, 1.807) is 7.11 Å². The summed E-state index contributed by atoms with van der Waals surface area (Å²) in [5.41, 5.74) is 15.8. The second-order valence-corrected chi connectivity index (χ2v) is 5.96. The molecular formula is C19H24N5O+. The number of rotatable bonds is 6. The SMILES string of the molecule is CCc1nc(N)nc(N)c1-c1ccc2ccc[n+](CCCOC)c2c1. The van der Waals surface area contributed by atoms with Crippen LogP contribution in [0.15, 0.2) is 36.5 Å². The predicted molar refractivity (Wildman–Crippen MR) is 99.9 cm³/mol. The third-order valence-electron chi connectivity index (χ3n) is 4.28. The fourth-order valence-corrected chi connectivity index (χ4v) is 3.11. The lowest BCUT2D eigenvalue weighted by Crippen LogP contribution is -2.34. The van der Waals surface area contributed by atoms with Crippen LogP contribution in [0.25, 0.3) is 22.0 Å². The minimum Gasteiger partial charge on any atom is -0.384 e. The van der Waals surface area contributed by atoms with Gasteiger partial charge in [0.1, 0.15) is 5.82 Å². The molecule has 0 amide bonds. The standard InChI is InChI=1S/C19H23N5O/c1-3-15-17(18(20)23-19(21)22-15)14-8-7-13-6-4-9-24(16(13)12-14)10-5-11-25-2/h4,6-9,12H,3,5,10-11H2,1-2H3,(H3,20,21,23)/p+1. The first-order valence-electron chi connectivity index (χ1n) is 8.47. The van der Waals surface area contributed by atoms with Crippen molar-refractivity contribution < 1.29 is 9.30 Å². The second-order valence-electron chi connectivity index (χ2n) is 5.96. The van der Waals surface area contributed by atoms with Crippen molar-refractivity contribution in [3.63, 3.8) is 0 Å². The van der Waals surface area contributed by atoms with Gasteiger partial charge in [-0.2, -0.15) is 9.55 Å². The molecule has 6 heteroatoms. The van der Waals surface area contributed by atoms with Crippen molar-refractivity contribution in [2.45, 2.75) is 26.3 Å². The first-order chi connectivity index (χ1) is 12.1. The zero-order chi connectivity index (χ0) is 17.8. The molecule has 0 fully saturated rings. The lowest BCUT2D eigenvalue weighted by atomic mass is 10.0. The number of aryl methyl sites for hydroxylation is 2. The number of hydrogen-bond donors (Lipinski definition) is 2. The molecule has 0 atom stereocenters. The Hall–Kier alpha value is -2.73. The van der Waals surface area contributed by atoms with Crippen LogP contribution >= 0.6 is 0 Å². The number of nitrogens with zero attached hydrogens (tertiary/aromatic N) is 3. The summed E-state index contributed by atoms with van der Waals surface area (Å²) in [4.78, 5) is 8.50. The van der Waals surface area contributed by atoms with Crippen molar-refractivity contribution in [1.29, 1.82) is 0 Å². The third-order valence-corrected chi connectivity index (χ3v) is 4.28. The van der Waals surface area contributed by atoms with Gasteiger partial charge in [-0.1, -0.05) is 13.0 Å². The number of ether oxygens (including phenoxy) is 1. The Morgan fingerprint density at radius 1 is 1.16 bits per heavy atom. The molecule has 0 saturated carbocycles. The molecule has 3 aromatic rings. The van der Waals surface area contributed by atoms with E-state index in [0.717, 1.165) is 48.3 Å². The van der Waals surface area contributed by atoms with Crippen molar-refractivity contribution in [3.05, 3.63) is 42.2 Å². The molecule has 2 aromatic heterocycles. The highest BCUT2D eigenvalue weighted by atomic mass is 16.5. The maximum atomic E-state index is 6.16. The number of nitrogen functional groups attached to an aromatic ring is 2. The summed E-state index contributed by atoms with van der Waals surface area (Å²) in [7, 11) is 1.72. The van der Waals surface area contributed by atoms with Crippen molar-refractivity contribution in [2.75, 3.05) is 25.2 Å². The highest BCUT2D eigenvalue weighted by Crippen LogP contribution is 2.30. The van der Waals surface area contributed by atoms with Crippen LogP contribution in [0.5, 0.6) is 0 Å². The molecule has 130 valence electrons. The van der Waals surface area contributed by atoms with Crippen LogP contribution in [0, 0.1) is 0 Å². The normalized spacial score (nSPS) is 11.1. The van der Waals surface area contributed by atoms with Gasteiger partial charge in [-0.05, 0) is 24.1 Å². The molecule has 6 nitrogen and oxygen atoms in total. The maximum absolute atomic E-state index is 6.16. The average molecular weight is 338 g/mol. The zero-order valence-electron chi connectivity index (χ0n) is 14.7. The number of methoxy groups -OCH3 is 1. The van der Waals surface area contributed by atoms with Crippen molar-refractivity contribution in [3.8, 4) is 11.1 Å². The van der Waals surface area contributed by atoms with Crippen LogP contribution in [0.3, 0.4) is 0 Å². The Morgan fingerprint density at radius 3 is 2.76 bits per heavy atom. The van der Waals surface area contributed by atoms with Crippen LogP contribution in [-0.2, 0) is 17.7 Å². The van der Waals surface area contributed by atoms with Gasteiger partial charge in [0.25, 0.3) is 0 Å². The van der Waals surface area contributed by atoms with Crippen LogP contribution < -0.4 is 16.0 Å². The lowest BCUT2D eigenvalue weighted by molar-refractivity contribution is -0.672. The summed E-state index contributed by atoms with van der Waals surface area (Å²) in [6.45, 7) is 3.67. The molecule has 0 radical (unpaired) electrons. The Balaban J connectivity index is 2.11. The summed E-state index contributed by atoms with van der Waals surface area (Å²) >= 11 is 0. The maximum Gasteiger partial charge on any atom is 0.222 e. The van der Waals surface area contributed by atoms with Gasteiger partial charge in [0.2, 0.25) is 11.5 Å². The zero-order valence-corrected chi connectivity index (χ0v) is 14.7. The number of aromatic nitrogens is 3. The Bertz CT molecular complexity index is 894. The average Bonchev–Trinajstić information content (AvgIpc) is 2.61. The largest absolute Gasteiger partial charge is 0.384 e. The summed E-state index contributed by atoms with van der Waals surface area (Å²) in [5.74, 6) is 0.638. The molecule has 0 spiro atoms. The summed E-state index contributed by atoms with van der Waals surface area (Å²) in [6, 6.07) is 10.5. The van der Waals surface area contributed by atoms with Crippen molar-refractivity contribution >= 4 is 22.7 Å². The Morgan fingerprint density at radius 2 is 2.00 bits per heavy atom. The highest BCUT2D eigenvalue weighted by molar-refractivity contribution is 5.85. The molecule has 0 aliphatic rings. The molecule has 25 heavy (non-hydrogen) atoms. The monoisotopic (exact) mass is 338 g/mol. The molecular weight excluding hydrogens is 314 g/mol. The van der Waals surface area contributed by atoms with Gasteiger partial charge in [0, 0.05) is 36.6 Å². The van der Waals surface area contributed by atoms with E-state index in [4.69, 9.17) is 16.2 Å². The van der Waals surface area contributed by atoms with Crippen LogP contribution in [-0.4, -0.2) is 23.7 Å². The molecule has 2 heterocycles. The number of anilines is 2. The fourth-order valence-electron chi connectivity index (χ4n) is 3.11. The molecule has 3 rings (SSSR count). The van der Waals surface area contributed by atoms with Gasteiger partial charge in [0.05, 0.1) is 12.3 Å². The van der Waals surface area contributed by atoms with Gasteiger partial charge in [-0.25, -0.2) is 4.98 Å². The Labute approximate surface area is 147 Å². The first kappa shape index (κ1) is 17.1. The topological polar surface area (TPSA) is 90.9 Å². The number of nitrogens with two attached hydrogens (primary N) is 2. The van der Waals surface area contributed by atoms with Gasteiger partial charge in [-0.15, -0.1) is 0 Å². The van der Waals surface area contributed by atoms with Gasteiger partial charge in [0.15, 0.2) is 12.7 Å². The molecule has 0 saturated heterocycles. The lowest BCUT2D eigenvalue weighted by Gasteiger charge is -2.11. The van der Waals surface area contributed by atoms with Gasteiger partial charge >= 0.3 is 0 Å². The molecule has 1 aromatic carbocycles. The van der Waals surface area contributed by atoms with E-state index in [1.165, 1.54) is 5.39 Å². The van der Waals surface area contributed by atoms with E-state index in [-0.39, 0.29) is 5.95 Å². The van der Waals surface area contributed by atoms with E-state index >= 15 is 0 Å². The van der Waals surface area contributed by atoms with Gasteiger partial charge < -0.3 is 16.2 Å². The minimum absolute atomic E-state index is 0.216. The highest BCUT2D eigenvalue weighted by Gasteiger charge is 2.16. The van der Waals surface area contributed by atoms with Crippen LogP contribution in [0.2, 0.25) is 0 Å². The summed E-state index contributed by atoms with van der Waals surface area (Å²) in [5, 5.41) is 1.18. The number of hydrogen-bond acceptors (Lipinski definition) is 5. The van der Waals surface area contributed by atoms with E-state index < -0.39 is 0 Å². The Kier molecular flexibility index (Phi) is 5.09. The van der Waals surface area contributed by atoms with Gasteiger partial charge in [-0.3, -0.25) is 0 Å². The van der Waals surface area contributed by atoms with E-state index in [0.29, 0.717) is 5.82 Å². The number of fused-ring (bicyclic) bond motifs is 1. The molecule has 0 aliphatic carbocycles. The molecule has 0 unspecified atom stereocenters. The first-order valence-corrected chi connectivity index (χ1v) is 8.47.